The van der Waals surface area contributed by atoms with Gasteiger partial charge in [0.2, 0.25) is 0 Å². The van der Waals surface area contributed by atoms with Gasteiger partial charge >= 0.3 is 0 Å². The highest BCUT2D eigenvalue weighted by molar-refractivity contribution is 9.10. The minimum Gasteiger partial charge on any atom is -0.314 e. The number of nitrogens with one attached hydrogen (secondary N) is 1. The zero-order chi connectivity index (χ0) is 12.3. The predicted octanol–water partition coefficient (Wildman–Crippen LogP) is 3.54. The SMILES string of the molecule is CNCc1ccc(-c2ccc(C)c(Br)c2)cn1. The van der Waals surface area contributed by atoms with Gasteiger partial charge < -0.3 is 5.32 Å². The van der Waals surface area contributed by atoms with E-state index in [9.17, 15) is 0 Å². The Hall–Kier alpha value is -1.19. The van der Waals surface area contributed by atoms with E-state index in [4.69, 9.17) is 0 Å². The van der Waals surface area contributed by atoms with E-state index in [1.165, 1.54) is 11.1 Å². The van der Waals surface area contributed by atoms with E-state index < -0.39 is 0 Å². The smallest absolute Gasteiger partial charge is 0.0542 e. The number of pyridine rings is 1. The van der Waals surface area contributed by atoms with Crippen molar-refractivity contribution in [2.75, 3.05) is 7.05 Å². The van der Waals surface area contributed by atoms with E-state index in [1.54, 1.807) is 0 Å². The van der Waals surface area contributed by atoms with E-state index in [2.05, 4.69) is 63.5 Å². The van der Waals surface area contributed by atoms with Crippen LogP contribution in [0.2, 0.25) is 0 Å². The van der Waals surface area contributed by atoms with Crippen molar-refractivity contribution in [3.63, 3.8) is 0 Å². The van der Waals surface area contributed by atoms with Crippen LogP contribution in [0.25, 0.3) is 11.1 Å². The molecule has 17 heavy (non-hydrogen) atoms. The van der Waals surface area contributed by atoms with Gasteiger partial charge in [0, 0.05) is 22.8 Å². The van der Waals surface area contributed by atoms with Gasteiger partial charge in [0.05, 0.1) is 5.69 Å². The monoisotopic (exact) mass is 290 g/mol. The van der Waals surface area contributed by atoms with Crippen molar-refractivity contribution in [2.24, 2.45) is 0 Å². The summed E-state index contributed by atoms with van der Waals surface area (Å²) in [5, 5.41) is 3.09. The predicted molar refractivity (Wildman–Crippen MR) is 74.9 cm³/mol. The average Bonchev–Trinajstić information content (AvgIpc) is 2.34. The molecule has 1 heterocycles. The van der Waals surface area contributed by atoms with Gasteiger partial charge in [-0.15, -0.1) is 0 Å². The van der Waals surface area contributed by atoms with Gasteiger partial charge in [0.15, 0.2) is 0 Å². The number of hydrogen-bond donors (Lipinski definition) is 1. The zero-order valence-corrected chi connectivity index (χ0v) is 11.6. The van der Waals surface area contributed by atoms with Crippen molar-refractivity contribution in [3.05, 3.63) is 52.3 Å². The molecule has 2 rings (SSSR count). The molecule has 0 bridgehead atoms. The fourth-order valence-electron chi connectivity index (χ4n) is 1.65. The Morgan fingerprint density at radius 2 is 1.94 bits per heavy atom. The Morgan fingerprint density at radius 1 is 1.18 bits per heavy atom. The number of rotatable bonds is 3. The van der Waals surface area contributed by atoms with Crippen molar-refractivity contribution in [1.82, 2.24) is 10.3 Å². The van der Waals surface area contributed by atoms with Gasteiger partial charge in [-0.2, -0.15) is 0 Å². The Bertz CT molecular complexity index is 506. The maximum Gasteiger partial charge on any atom is 0.0542 e. The summed E-state index contributed by atoms with van der Waals surface area (Å²) in [6, 6.07) is 10.5. The number of benzene rings is 1. The standard InChI is InChI=1S/C14H15BrN2/c1-10-3-4-11(7-14(10)15)12-5-6-13(9-16-2)17-8-12/h3-8,16H,9H2,1-2H3. The molecule has 0 saturated carbocycles. The Balaban J connectivity index is 2.30. The maximum atomic E-state index is 4.42. The van der Waals surface area contributed by atoms with Gasteiger partial charge in [-0.05, 0) is 37.2 Å². The summed E-state index contributed by atoms with van der Waals surface area (Å²) in [6.45, 7) is 2.89. The lowest BCUT2D eigenvalue weighted by Gasteiger charge is -2.05. The highest BCUT2D eigenvalue weighted by Crippen LogP contribution is 2.25. The maximum absolute atomic E-state index is 4.42. The molecule has 0 unspecified atom stereocenters. The first kappa shape index (κ1) is 12.3. The molecule has 1 aromatic carbocycles. The topological polar surface area (TPSA) is 24.9 Å². The molecular weight excluding hydrogens is 276 g/mol. The number of nitrogens with zero attached hydrogens (tertiary/aromatic N) is 1. The molecule has 1 N–H and O–H groups in total. The van der Waals surface area contributed by atoms with E-state index in [0.717, 1.165) is 22.3 Å². The van der Waals surface area contributed by atoms with Crippen molar-refractivity contribution < 1.29 is 0 Å². The second-order valence-corrected chi connectivity index (χ2v) is 4.89. The fourth-order valence-corrected chi connectivity index (χ4v) is 2.03. The van der Waals surface area contributed by atoms with Gasteiger partial charge in [-0.1, -0.05) is 34.1 Å². The highest BCUT2D eigenvalue weighted by atomic mass is 79.9. The lowest BCUT2D eigenvalue weighted by molar-refractivity contribution is 0.791. The van der Waals surface area contributed by atoms with E-state index in [0.29, 0.717) is 0 Å². The van der Waals surface area contributed by atoms with Crippen LogP contribution in [-0.4, -0.2) is 12.0 Å². The molecule has 0 aliphatic heterocycles. The quantitative estimate of drug-likeness (QED) is 0.935. The Kier molecular flexibility index (Phi) is 3.92. The number of aryl methyl sites for hydroxylation is 1. The van der Waals surface area contributed by atoms with E-state index >= 15 is 0 Å². The summed E-state index contributed by atoms with van der Waals surface area (Å²) in [5.74, 6) is 0. The highest BCUT2D eigenvalue weighted by Gasteiger charge is 2.01. The van der Waals surface area contributed by atoms with Crippen LogP contribution in [0.3, 0.4) is 0 Å². The molecule has 0 radical (unpaired) electrons. The molecule has 2 aromatic rings. The number of hydrogen-bond acceptors (Lipinski definition) is 2. The summed E-state index contributed by atoms with van der Waals surface area (Å²) < 4.78 is 1.13. The van der Waals surface area contributed by atoms with Crippen LogP contribution in [0.4, 0.5) is 0 Å². The summed E-state index contributed by atoms with van der Waals surface area (Å²) in [7, 11) is 1.92. The van der Waals surface area contributed by atoms with Crippen LogP contribution in [0.15, 0.2) is 41.0 Å². The third kappa shape index (κ3) is 2.93. The minimum atomic E-state index is 0.803. The summed E-state index contributed by atoms with van der Waals surface area (Å²) >= 11 is 3.55. The normalized spacial score (nSPS) is 10.5. The third-order valence-electron chi connectivity index (χ3n) is 2.69. The molecule has 88 valence electrons. The molecule has 2 nitrogen and oxygen atoms in total. The molecule has 0 amide bonds. The largest absolute Gasteiger partial charge is 0.314 e. The lowest BCUT2D eigenvalue weighted by Crippen LogP contribution is -2.06. The van der Waals surface area contributed by atoms with Crippen LogP contribution in [0, 0.1) is 6.92 Å². The molecule has 1 aromatic heterocycles. The first-order valence-electron chi connectivity index (χ1n) is 5.57. The zero-order valence-electron chi connectivity index (χ0n) is 10.00. The van der Waals surface area contributed by atoms with Gasteiger partial charge in [0.1, 0.15) is 0 Å². The molecule has 0 aliphatic carbocycles. The summed E-state index contributed by atoms with van der Waals surface area (Å²) in [5.41, 5.74) is 4.63. The molecular formula is C14H15BrN2. The first-order chi connectivity index (χ1) is 8.20. The van der Waals surface area contributed by atoms with Crippen LogP contribution in [0.1, 0.15) is 11.3 Å². The van der Waals surface area contributed by atoms with E-state index in [-0.39, 0.29) is 0 Å². The molecule has 0 spiro atoms. The fraction of sp³-hybridized carbons (Fsp3) is 0.214. The number of aromatic nitrogens is 1. The number of halogens is 1. The second kappa shape index (κ2) is 5.43. The second-order valence-electron chi connectivity index (χ2n) is 4.03. The molecule has 3 heteroatoms. The van der Waals surface area contributed by atoms with Gasteiger partial charge in [-0.25, -0.2) is 0 Å². The van der Waals surface area contributed by atoms with Gasteiger partial charge in [0.25, 0.3) is 0 Å². The molecule has 0 fully saturated rings. The lowest BCUT2D eigenvalue weighted by atomic mass is 10.1. The average molecular weight is 291 g/mol. The summed E-state index contributed by atoms with van der Waals surface area (Å²) in [4.78, 5) is 4.42. The van der Waals surface area contributed by atoms with E-state index in [1.807, 2.05) is 13.2 Å². The van der Waals surface area contributed by atoms with Crippen molar-refractivity contribution in [3.8, 4) is 11.1 Å². The minimum absolute atomic E-state index is 0.803. The Labute approximate surface area is 110 Å². The van der Waals surface area contributed by atoms with Crippen LogP contribution in [-0.2, 0) is 6.54 Å². The summed E-state index contributed by atoms with van der Waals surface area (Å²) in [6.07, 6.45) is 1.92. The van der Waals surface area contributed by atoms with Crippen molar-refractivity contribution in [1.29, 1.82) is 0 Å². The molecule has 0 atom stereocenters. The van der Waals surface area contributed by atoms with Crippen molar-refractivity contribution in [2.45, 2.75) is 13.5 Å². The Morgan fingerprint density at radius 3 is 2.53 bits per heavy atom. The van der Waals surface area contributed by atoms with Crippen molar-refractivity contribution >= 4 is 15.9 Å². The van der Waals surface area contributed by atoms with Crippen LogP contribution >= 0.6 is 15.9 Å². The first-order valence-corrected chi connectivity index (χ1v) is 6.36. The van der Waals surface area contributed by atoms with Crippen LogP contribution < -0.4 is 5.32 Å². The molecule has 0 aliphatic rings. The third-order valence-corrected chi connectivity index (χ3v) is 3.54. The molecule has 0 saturated heterocycles. The van der Waals surface area contributed by atoms with Crippen LogP contribution in [0.5, 0.6) is 0 Å². The van der Waals surface area contributed by atoms with Gasteiger partial charge in [-0.3, -0.25) is 4.98 Å².